The predicted octanol–water partition coefficient (Wildman–Crippen LogP) is 1.78. The second kappa shape index (κ2) is 6.83. The Morgan fingerprint density at radius 2 is 1.87 bits per heavy atom. The summed E-state index contributed by atoms with van der Waals surface area (Å²) in [4.78, 5) is 10.8. The fourth-order valence-corrected chi connectivity index (χ4v) is 1.74. The highest BCUT2D eigenvalue weighted by Gasteiger charge is 2.16. The molecular formula is C12H27N2O+. The van der Waals surface area contributed by atoms with E-state index >= 15 is 0 Å². The first-order valence-electron chi connectivity index (χ1n) is 6.04. The van der Waals surface area contributed by atoms with Gasteiger partial charge in [0, 0.05) is 13.0 Å². The number of hydrogen-bond acceptors (Lipinski definition) is 1. The summed E-state index contributed by atoms with van der Waals surface area (Å²) in [5.74, 6) is 0.0748. The van der Waals surface area contributed by atoms with Gasteiger partial charge in [0.25, 0.3) is 0 Å². The summed E-state index contributed by atoms with van der Waals surface area (Å²) in [6.07, 6.45) is 2.26. The third-order valence-corrected chi connectivity index (χ3v) is 3.31. The van der Waals surface area contributed by atoms with Gasteiger partial charge < -0.3 is 9.80 Å². The monoisotopic (exact) mass is 215 g/mol. The second-order valence-electron chi connectivity index (χ2n) is 4.72. The highest BCUT2D eigenvalue weighted by molar-refractivity contribution is 5.73. The topological polar surface area (TPSA) is 29.1 Å². The lowest BCUT2D eigenvalue weighted by molar-refractivity contribution is -0.906. The molecule has 0 aliphatic heterocycles. The first kappa shape index (κ1) is 14.4. The molecule has 3 nitrogen and oxygen atoms in total. The van der Waals surface area contributed by atoms with Crippen molar-refractivity contribution in [3.8, 4) is 0 Å². The van der Waals surface area contributed by atoms with Crippen LogP contribution in [-0.2, 0) is 4.79 Å². The van der Waals surface area contributed by atoms with Crippen molar-refractivity contribution in [1.29, 1.82) is 0 Å². The number of rotatable bonds is 7. The van der Waals surface area contributed by atoms with Gasteiger partial charge in [-0.2, -0.15) is 0 Å². The van der Waals surface area contributed by atoms with Crippen molar-refractivity contribution in [2.45, 2.75) is 46.6 Å². The summed E-state index contributed by atoms with van der Waals surface area (Å²) in [7, 11) is 2.29. The van der Waals surface area contributed by atoms with Gasteiger partial charge in [0.1, 0.15) is 0 Å². The van der Waals surface area contributed by atoms with Crippen molar-refractivity contribution >= 4 is 5.91 Å². The summed E-state index contributed by atoms with van der Waals surface area (Å²) in [5.41, 5.74) is 0. The SMILES string of the molecule is CC[N+](C)(CC)CCCC(C)NC(C)=O. The van der Waals surface area contributed by atoms with Gasteiger partial charge in [-0.15, -0.1) is 0 Å². The Kier molecular flexibility index (Phi) is 6.57. The molecule has 1 amide bonds. The van der Waals surface area contributed by atoms with Gasteiger partial charge >= 0.3 is 0 Å². The molecule has 0 aromatic rings. The third kappa shape index (κ3) is 6.50. The lowest BCUT2D eigenvalue weighted by Gasteiger charge is -2.32. The Labute approximate surface area is 94.4 Å². The number of quaternary nitrogens is 1. The average molecular weight is 215 g/mol. The smallest absolute Gasteiger partial charge is 0.217 e. The molecule has 0 aliphatic carbocycles. The number of nitrogens with one attached hydrogen (secondary N) is 1. The van der Waals surface area contributed by atoms with E-state index in [1.165, 1.54) is 26.1 Å². The molecule has 1 unspecified atom stereocenters. The molecule has 0 radical (unpaired) electrons. The molecule has 90 valence electrons. The van der Waals surface area contributed by atoms with Gasteiger partial charge in [-0.1, -0.05) is 0 Å². The van der Waals surface area contributed by atoms with E-state index in [-0.39, 0.29) is 5.91 Å². The molecule has 0 fully saturated rings. The second-order valence-corrected chi connectivity index (χ2v) is 4.72. The Morgan fingerprint density at radius 3 is 2.27 bits per heavy atom. The zero-order valence-electron chi connectivity index (χ0n) is 11.0. The number of carbonyl (C=O) groups is 1. The standard InChI is InChI=1S/C12H26N2O/c1-6-14(5,7-2)10-8-9-11(3)13-12(4)15/h11H,6-10H2,1-5H3/p+1. The van der Waals surface area contributed by atoms with Gasteiger partial charge in [0.2, 0.25) is 5.91 Å². The van der Waals surface area contributed by atoms with Crippen molar-refractivity contribution in [1.82, 2.24) is 5.32 Å². The molecule has 0 saturated carbocycles. The summed E-state index contributed by atoms with van der Waals surface area (Å²) >= 11 is 0. The van der Waals surface area contributed by atoms with E-state index in [0.717, 1.165) is 10.9 Å². The van der Waals surface area contributed by atoms with E-state index in [2.05, 4.69) is 33.1 Å². The van der Waals surface area contributed by atoms with Crippen LogP contribution in [0.2, 0.25) is 0 Å². The maximum Gasteiger partial charge on any atom is 0.217 e. The minimum Gasteiger partial charge on any atom is -0.354 e. The minimum absolute atomic E-state index is 0.0748. The summed E-state index contributed by atoms with van der Waals surface area (Å²) < 4.78 is 1.13. The van der Waals surface area contributed by atoms with Gasteiger partial charge in [0.15, 0.2) is 0 Å². The highest BCUT2D eigenvalue weighted by Crippen LogP contribution is 2.06. The van der Waals surface area contributed by atoms with Crippen LogP contribution in [0.3, 0.4) is 0 Å². The normalized spacial score (nSPS) is 13.7. The lowest BCUT2D eigenvalue weighted by atomic mass is 10.1. The average Bonchev–Trinajstić information content (AvgIpc) is 2.16. The van der Waals surface area contributed by atoms with E-state index in [1.54, 1.807) is 6.92 Å². The lowest BCUT2D eigenvalue weighted by Crippen LogP contribution is -2.44. The zero-order valence-corrected chi connectivity index (χ0v) is 11.0. The Balaban J connectivity index is 3.73. The Hall–Kier alpha value is -0.570. The number of carbonyl (C=O) groups excluding carboxylic acids is 1. The van der Waals surface area contributed by atoms with Crippen LogP contribution in [0.5, 0.6) is 0 Å². The quantitative estimate of drug-likeness (QED) is 0.644. The van der Waals surface area contributed by atoms with E-state index in [0.29, 0.717) is 6.04 Å². The first-order valence-corrected chi connectivity index (χ1v) is 6.04. The van der Waals surface area contributed by atoms with E-state index < -0.39 is 0 Å². The van der Waals surface area contributed by atoms with E-state index in [9.17, 15) is 4.79 Å². The molecule has 0 spiro atoms. The summed E-state index contributed by atoms with van der Waals surface area (Å²) in [6, 6.07) is 0.310. The van der Waals surface area contributed by atoms with Crippen molar-refractivity contribution < 1.29 is 9.28 Å². The van der Waals surface area contributed by atoms with Crippen LogP contribution < -0.4 is 5.32 Å². The minimum atomic E-state index is 0.0748. The Bertz CT molecular complexity index is 188. The maximum absolute atomic E-state index is 10.8. The number of nitrogens with zero attached hydrogens (tertiary/aromatic N) is 1. The van der Waals surface area contributed by atoms with Crippen molar-refractivity contribution in [3.05, 3.63) is 0 Å². The van der Waals surface area contributed by atoms with Crippen molar-refractivity contribution in [2.75, 3.05) is 26.7 Å². The molecule has 0 aromatic carbocycles. The van der Waals surface area contributed by atoms with Gasteiger partial charge in [-0.3, -0.25) is 4.79 Å². The van der Waals surface area contributed by atoms with Gasteiger partial charge in [-0.25, -0.2) is 0 Å². The van der Waals surface area contributed by atoms with Crippen molar-refractivity contribution in [3.63, 3.8) is 0 Å². The van der Waals surface area contributed by atoms with E-state index in [1.807, 2.05) is 0 Å². The highest BCUT2D eigenvalue weighted by atomic mass is 16.1. The van der Waals surface area contributed by atoms with Crippen LogP contribution in [0.25, 0.3) is 0 Å². The third-order valence-electron chi connectivity index (χ3n) is 3.31. The van der Waals surface area contributed by atoms with Crippen LogP contribution in [0.15, 0.2) is 0 Å². The molecule has 0 heterocycles. The van der Waals surface area contributed by atoms with Gasteiger partial charge in [-0.05, 0) is 33.6 Å². The summed E-state index contributed by atoms with van der Waals surface area (Å²) in [6.45, 7) is 11.7. The molecule has 0 rings (SSSR count). The predicted molar refractivity (Wildman–Crippen MR) is 64.6 cm³/mol. The molecule has 3 heteroatoms. The number of amides is 1. The van der Waals surface area contributed by atoms with Gasteiger partial charge in [0.05, 0.1) is 26.7 Å². The molecular weight excluding hydrogens is 188 g/mol. The molecule has 0 saturated heterocycles. The molecule has 1 atom stereocenters. The van der Waals surface area contributed by atoms with Crippen LogP contribution >= 0.6 is 0 Å². The largest absolute Gasteiger partial charge is 0.354 e. The van der Waals surface area contributed by atoms with Crippen LogP contribution in [0, 0.1) is 0 Å². The fourth-order valence-electron chi connectivity index (χ4n) is 1.74. The first-order chi connectivity index (χ1) is 6.93. The molecule has 0 aromatic heterocycles. The summed E-state index contributed by atoms with van der Waals surface area (Å²) in [5, 5.41) is 2.92. The fraction of sp³-hybridized carbons (Fsp3) is 0.917. The van der Waals surface area contributed by atoms with Crippen LogP contribution in [-0.4, -0.2) is 43.1 Å². The molecule has 0 aliphatic rings. The molecule has 0 bridgehead atoms. The maximum atomic E-state index is 10.8. The van der Waals surface area contributed by atoms with Crippen molar-refractivity contribution in [2.24, 2.45) is 0 Å². The molecule has 1 N–H and O–H groups in total. The zero-order chi connectivity index (χ0) is 11.9. The number of hydrogen-bond donors (Lipinski definition) is 1. The molecule has 15 heavy (non-hydrogen) atoms. The van der Waals surface area contributed by atoms with E-state index in [4.69, 9.17) is 0 Å². The van der Waals surface area contributed by atoms with Crippen LogP contribution in [0.4, 0.5) is 0 Å². The Morgan fingerprint density at radius 1 is 1.33 bits per heavy atom. The van der Waals surface area contributed by atoms with Crippen LogP contribution in [0.1, 0.15) is 40.5 Å².